The molecule has 0 spiro atoms. The van der Waals surface area contributed by atoms with Gasteiger partial charge in [-0.1, -0.05) is 0 Å². The van der Waals surface area contributed by atoms with Gasteiger partial charge in [-0.05, 0) is 5.16 Å². The molecule has 4 N–H and O–H groups in total. The van der Waals surface area contributed by atoms with Gasteiger partial charge in [-0.3, -0.25) is 0 Å². The molecular weight excluding hydrogens is 164 g/mol. The monoisotopic (exact) mass is 172 g/mol. The Balaban J connectivity index is 2.58. The second kappa shape index (κ2) is 3.67. The Bertz CT molecular complexity index is 271. The van der Waals surface area contributed by atoms with Gasteiger partial charge in [0.05, 0.1) is 0 Å². The van der Waals surface area contributed by atoms with E-state index in [1.165, 1.54) is 0 Å². The topological polar surface area (TPSA) is 114 Å². The van der Waals surface area contributed by atoms with Crippen molar-refractivity contribution in [3.63, 3.8) is 0 Å². The lowest BCUT2D eigenvalue weighted by atomic mass is 10.6. The summed E-state index contributed by atoms with van der Waals surface area (Å²) in [7, 11) is 0. The van der Waals surface area contributed by atoms with Crippen molar-refractivity contribution in [2.45, 2.75) is 0 Å². The van der Waals surface area contributed by atoms with Crippen molar-refractivity contribution in [1.82, 2.24) is 10.1 Å². The maximum atomic E-state index is 10.3. The Morgan fingerprint density at radius 3 is 3.00 bits per heavy atom. The molecule has 1 aromatic heterocycles. The summed E-state index contributed by atoms with van der Waals surface area (Å²) >= 11 is 0. The molecule has 0 aliphatic heterocycles. The van der Waals surface area contributed by atoms with Gasteiger partial charge in [0.2, 0.25) is 0 Å². The van der Waals surface area contributed by atoms with Crippen LogP contribution in [0.4, 0.5) is 6.01 Å². The summed E-state index contributed by atoms with van der Waals surface area (Å²) in [6.07, 6.45) is 0. The van der Waals surface area contributed by atoms with Crippen molar-refractivity contribution in [1.29, 1.82) is 0 Å². The Labute approximate surface area is 67.6 Å². The van der Waals surface area contributed by atoms with Crippen LogP contribution in [0, 0.1) is 0 Å². The van der Waals surface area contributed by atoms with E-state index < -0.39 is 5.97 Å². The van der Waals surface area contributed by atoms with Crippen molar-refractivity contribution in [3.05, 3.63) is 5.82 Å². The fraction of sp³-hybridized carbons (Fsp3) is 0.400. The first-order valence-electron chi connectivity index (χ1n) is 3.25. The molecule has 7 heteroatoms. The molecule has 1 heterocycles. The fourth-order valence-corrected chi connectivity index (χ4v) is 0.561. The number of nitrogens with two attached hydrogens (primary N) is 1. The normalized spacial score (nSPS) is 9.75. The third-order valence-electron chi connectivity index (χ3n) is 1.04. The van der Waals surface area contributed by atoms with E-state index in [1.807, 2.05) is 0 Å². The molecule has 0 saturated carbocycles. The molecule has 0 radical (unpaired) electrons. The number of hydrogen-bond acceptors (Lipinski definition) is 6. The van der Waals surface area contributed by atoms with Crippen molar-refractivity contribution in [2.75, 3.05) is 18.4 Å². The molecule has 0 fully saturated rings. The number of carboxylic acid groups (broad SMARTS) is 1. The van der Waals surface area contributed by atoms with E-state index in [2.05, 4.69) is 20.0 Å². The van der Waals surface area contributed by atoms with Crippen LogP contribution >= 0.6 is 0 Å². The number of anilines is 1. The highest BCUT2D eigenvalue weighted by molar-refractivity contribution is 5.83. The molecule has 0 aromatic carbocycles. The molecule has 0 aliphatic rings. The predicted octanol–water partition coefficient (Wildman–Crippen LogP) is -0.862. The number of hydrogen-bond donors (Lipinski definition) is 3. The van der Waals surface area contributed by atoms with Gasteiger partial charge in [0.1, 0.15) is 0 Å². The van der Waals surface area contributed by atoms with Crippen LogP contribution in [0.2, 0.25) is 0 Å². The van der Waals surface area contributed by atoms with Crippen molar-refractivity contribution >= 4 is 12.0 Å². The average molecular weight is 172 g/mol. The molecule has 0 saturated heterocycles. The molecule has 1 rings (SSSR count). The number of aromatic nitrogens is 2. The summed E-state index contributed by atoms with van der Waals surface area (Å²) in [6, 6.07) is 0.0675. The minimum absolute atomic E-state index is 0.0675. The van der Waals surface area contributed by atoms with Gasteiger partial charge in [0.25, 0.3) is 5.82 Å². The molecule has 12 heavy (non-hydrogen) atoms. The summed E-state index contributed by atoms with van der Waals surface area (Å²) in [5.41, 5.74) is 5.17. The first-order chi connectivity index (χ1) is 5.74. The third-order valence-corrected chi connectivity index (χ3v) is 1.04. The van der Waals surface area contributed by atoms with Crippen LogP contribution in [0.3, 0.4) is 0 Å². The highest BCUT2D eigenvalue weighted by Crippen LogP contribution is 2.01. The van der Waals surface area contributed by atoms with Crippen molar-refractivity contribution < 1.29 is 14.4 Å². The zero-order chi connectivity index (χ0) is 8.97. The summed E-state index contributed by atoms with van der Waals surface area (Å²) in [5.74, 6) is -1.59. The van der Waals surface area contributed by atoms with E-state index in [1.54, 1.807) is 0 Å². The van der Waals surface area contributed by atoms with E-state index in [4.69, 9.17) is 10.8 Å². The number of carboxylic acids is 1. The summed E-state index contributed by atoms with van der Waals surface area (Å²) < 4.78 is 4.52. The Morgan fingerprint density at radius 2 is 2.50 bits per heavy atom. The van der Waals surface area contributed by atoms with E-state index in [9.17, 15) is 4.79 Å². The van der Waals surface area contributed by atoms with Gasteiger partial charge in [0.15, 0.2) is 0 Å². The molecule has 1 aromatic rings. The smallest absolute Gasteiger partial charge is 0.377 e. The van der Waals surface area contributed by atoms with E-state index in [0.29, 0.717) is 13.1 Å². The molecule has 0 bridgehead atoms. The van der Waals surface area contributed by atoms with Gasteiger partial charge in [-0.2, -0.15) is 4.98 Å². The molecule has 66 valence electrons. The third kappa shape index (κ3) is 1.92. The summed E-state index contributed by atoms with van der Waals surface area (Å²) in [4.78, 5) is 13.8. The first-order valence-corrected chi connectivity index (χ1v) is 3.25. The first kappa shape index (κ1) is 8.47. The number of aromatic carboxylic acids is 1. The zero-order valence-electron chi connectivity index (χ0n) is 6.15. The van der Waals surface area contributed by atoms with Crippen molar-refractivity contribution in [3.8, 4) is 0 Å². The molecule has 0 amide bonds. The largest absolute Gasteiger partial charge is 0.475 e. The second-order valence-electron chi connectivity index (χ2n) is 1.94. The Kier molecular flexibility index (Phi) is 2.59. The fourth-order valence-electron chi connectivity index (χ4n) is 0.561. The Morgan fingerprint density at radius 1 is 1.75 bits per heavy atom. The van der Waals surface area contributed by atoms with Crippen LogP contribution in [-0.4, -0.2) is 34.3 Å². The molecule has 0 atom stereocenters. The maximum absolute atomic E-state index is 10.3. The Hall–Kier alpha value is -1.63. The SMILES string of the molecule is NCCNc1nc(C(=O)O)no1. The minimum atomic E-state index is -1.22. The molecule has 0 aliphatic carbocycles. The number of nitrogens with one attached hydrogen (secondary N) is 1. The minimum Gasteiger partial charge on any atom is -0.475 e. The van der Waals surface area contributed by atoms with E-state index in [0.717, 1.165) is 0 Å². The van der Waals surface area contributed by atoms with Gasteiger partial charge >= 0.3 is 12.0 Å². The van der Waals surface area contributed by atoms with Crippen LogP contribution in [0.25, 0.3) is 0 Å². The van der Waals surface area contributed by atoms with Gasteiger partial charge in [0, 0.05) is 13.1 Å². The lowest BCUT2D eigenvalue weighted by Gasteiger charge is -1.93. The van der Waals surface area contributed by atoms with Gasteiger partial charge in [-0.15, -0.1) is 0 Å². The molecule has 7 nitrogen and oxygen atoms in total. The zero-order valence-corrected chi connectivity index (χ0v) is 6.15. The van der Waals surface area contributed by atoms with Crippen LogP contribution in [-0.2, 0) is 0 Å². The molecule has 0 unspecified atom stereocenters. The van der Waals surface area contributed by atoms with Crippen LogP contribution < -0.4 is 11.1 Å². The number of nitrogens with zero attached hydrogens (tertiary/aromatic N) is 2. The quantitative estimate of drug-likeness (QED) is 0.541. The standard InChI is InChI=1S/C5H8N4O3/c6-1-2-7-5-8-3(4(10)11)9-12-5/h1-2,6H2,(H,10,11)(H,7,8,9). The second-order valence-corrected chi connectivity index (χ2v) is 1.94. The van der Waals surface area contributed by atoms with Gasteiger partial charge in [-0.25, -0.2) is 4.79 Å². The highest BCUT2D eigenvalue weighted by Gasteiger charge is 2.11. The van der Waals surface area contributed by atoms with Crippen LogP contribution in [0.5, 0.6) is 0 Å². The predicted molar refractivity (Wildman–Crippen MR) is 38.8 cm³/mol. The number of carbonyl (C=O) groups is 1. The summed E-state index contributed by atoms with van der Waals surface area (Å²) in [6.45, 7) is 0.867. The van der Waals surface area contributed by atoms with E-state index in [-0.39, 0.29) is 11.8 Å². The van der Waals surface area contributed by atoms with Crippen LogP contribution in [0.15, 0.2) is 4.52 Å². The highest BCUT2D eigenvalue weighted by atomic mass is 16.5. The lowest BCUT2D eigenvalue weighted by molar-refractivity contribution is 0.0680. The summed E-state index contributed by atoms with van der Waals surface area (Å²) in [5, 5.41) is 14.2. The van der Waals surface area contributed by atoms with E-state index >= 15 is 0 Å². The average Bonchev–Trinajstić information content (AvgIpc) is 2.48. The van der Waals surface area contributed by atoms with Crippen LogP contribution in [0.1, 0.15) is 10.6 Å². The number of rotatable bonds is 4. The van der Waals surface area contributed by atoms with Crippen molar-refractivity contribution in [2.24, 2.45) is 5.73 Å². The van der Waals surface area contributed by atoms with Gasteiger partial charge < -0.3 is 20.7 Å². The maximum Gasteiger partial charge on any atom is 0.377 e. The lowest BCUT2D eigenvalue weighted by Crippen LogP contribution is -2.13. The molecular formula is C5H8N4O3.